The van der Waals surface area contributed by atoms with Crippen molar-refractivity contribution >= 4 is 23.1 Å². The number of hydrogen-bond acceptors (Lipinski definition) is 5. The molecule has 0 aliphatic heterocycles. The molecular formula is C19H17ClN4O. The van der Waals surface area contributed by atoms with Gasteiger partial charge in [0.05, 0.1) is 28.8 Å². The maximum absolute atomic E-state index is 6.32. The fourth-order valence-corrected chi connectivity index (χ4v) is 2.71. The van der Waals surface area contributed by atoms with Crippen molar-refractivity contribution in [2.45, 2.75) is 25.4 Å². The third-order valence-corrected chi connectivity index (χ3v) is 4.27. The van der Waals surface area contributed by atoms with Crippen molar-refractivity contribution < 1.29 is 4.74 Å². The maximum Gasteiger partial charge on any atom is 0.148 e. The van der Waals surface area contributed by atoms with Gasteiger partial charge >= 0.3 is 0 Å². The monoisotopic (exact) mass is 352 g/mol. The minimum atomic E-state index is 0.376. The summed E-state index contributed by atoms with van der Waals surface area (Å²) in [7, 11) is 0. The topological polar surface area (TPSA) is 59.9 Å². The number of aromatic nitrogens is 3. The van der Waals surface area contributed by atoms with E-state index < -0.39 is 0 Å². The van der Waals surface area contributed by atoms with Crippen molar-refractivity contribution in [1.29, 1.82) is 0 Å². The standard InChI is InChI=1S/C19H17ClN4O/c20-16-9-14(24-19-11-22-17(10-23-19)13-4-5-13)6-7-18(16)25-12-15-3-1-2-8-21-15/h1-3,6-11,13H,4-5,12H2,(H,23,24). The van der Waals surface area contributed by atoms with Gasteiger partial charge in [0.2, 0.25) is 0 Å². The number of nitrogens with zero attached hydrogens (tertiary/aromatic N) is 3. The van der Waals surface area contributed by atoms with Crippen LogP contribution in [0.15, 0.2) is 55.0 Å². The predicted octanol–water partition coefficient (Wildman–Crippen LogP) is 4.73. The Morgan fingerprint density at radius 2 is 2.00 bits per heavy atom. The van der Waals surface area contributed by atoms with Crippen molar-refractivity contribution in [3.63, 3.8) is 0 Å². The third kappa shape index (κ3) is 4.06. The quantitative estimate of drug-likeness (QED) is 0.695. The maximum atomic E-state index is 6.32. The molecule has 1 fully saturated rings. The highest BCUT2D eigenvalue weighted by atomic mass is 35.5. The van der Waals surface area contributed by atoms with Crippen LogP contribution in [0.3, 0.4) is 0 Å². The molecule has 0 radical (unpaired) electrons. The molecule has 25 heavy (non-hydrogen) atoms. The molecule has 0 atom stereocenters. The van der Waals surface area contributed by atoms with E-state index in [-0.39, 0.29) is 0 Å². The van der Waals surface area contributed by atoms with E-state index in [0.717, 1.165) is 17.1 Å². The smallest absolute Gasteiger partial charge is 0.148 e. The number of benzene rings is 1. The molecule has 1 aliphatic carbocycles. The van der Waals surface area contributed by atoms with E-state index in [9.17, 15) is 0 Å². The summed E-state index contributed by atoms with van der Waals surface area (Å²) < 4.78 is 5.73. The molecule has 1 N–H and O–H groups in total. The van der Waals surface area contributed by atoms with Gasteiger partial charge in [0.15, 0.2) is 0 Å². The van der Waals surface area contributed by atoms with Crippen LogP contribution in [0.1, 0.15) is 30.1 Å². The first-order chi connectivity index (χ1) is 12.3. The lowest BCUT2D eigenvalue weighted by Crippen LogP contribution is -1.99. The van der Waals surface area contributed by atoms with Crippen LogP contribution in [0.5, 0.6) is 5.75 Å². The van der Waals surface area contributed by atoms with Gasteiger partial charge in [0.25, 0.3) is 0 Å². The molecule has 2 heterocycles. The summed E-state index contributed by atoms with van der Waals surface area (Å²) >= 11 is 6.32. The fourth-order valence-electron chi connectivity index (χ4n) is 2.47. The van der Waals surface area contributed by atoms with Crippen LogP contribution in [-0.2, 0) is 6.61 Å². The van der Waals surface area contributed by atoms with Gasteiger partial charge in [-0.05, 0) is 43.2 Å². The Bertz CT molecular complexity index is 851. The van der Waals surface area contributed by atoms with E-state index in [1.165, 1.54) is 12.8 Å². The Morgan fingerprint density at radius 1 is 1.08 bits per heavy atom. The summed E-state index contributed by atoms with van der Waals surface area (Å²) in [6.07, 6.45) is 7.77. The first kappa shape index (κ1) is 15.8. The van der Waals surface area contributed by atoms with E-state index in [4.69, 9.17) is 16.3 Å². The largest absolute Gasteiger partial charge is 0.486 e. The Labute approximate surface area is 151 Å². The molecule has 0 saturated heterocycles. The molecule has 0 spiro atoms. The third-order valence-electron chi connectivity index (χ3n) is 3.97. The van der Waals surface area contributed by atoms with Gasteiger partial charge in [-0.2, -0.15) is 0 Å². The minimum Gasteiger partial charge on any atom is -0.486 e. The first-order valence-electron chi connectivity index (χ1n) is 8.19. The Balaban J connectivity index is 1.40. The number of ether oxygens (including phenoxy) is 1. The Hall–Kier alpha value is -2.66. The number of pyridine rings is 1. The van der Waals surface area contributed by atoms with Crippen molar-refractivity contribution in [1.82, 2.24) is 15.0 Å². The van der Waals surface area contributed by atoms with Gasteiger partial charge < -0.3 is 10.1 Å². The van der Waals surface area contributed by atoms with Gasteiger partial charge in [-0.15, -0.1) is 0 Å². The van der Waals surface area contributed by atoms with Crippen LogP contribution < -0.4 is 10.1 Å². The number of hydrogen-bond donors (Lipinski definition) is 1. The fraction of sp³-hybridized carbons (Fsp3) is 0.211. The molecule has 5 nitrogen and oxygen atoms in total. The van der Waals surface area contributed by atoms with Crippen LogP contribution in [0.25, 0.3) is 0 Å². The number of anilines is 2. The van der Waals surface area contributed by atoms with E-state index in [1.807, 2.05) is 42.6 Å². The average molecular weight is 353 g/mol. The van der Waals surface area contributed by atoms with Crippen molar-refractivity contribution in [3.8, 4) is 5.75 Å². The summed E-state index contributed by atoms with van der Waals surface area (Å²) in [5.74, 6) is 1.92. The van der Waals surface area contributed by atoms with Crippen molar-refractivity contribution in [2.75, 3.05) is 5.32 Å². The Kier molecular flexibility index (Phi) is 4.48. The predicted molar refractivity (Wildman–Crippen MR) is 97.3 cm³/mol. The summed E-state index contributed by atoms with van der Waals surface area (Å²) in [6, 6.07) is 11.3. The zero-order valence-electron chi connectivity index (χ0n) is 13.5. The molecule has 4 rings (SSSR count). The highest BCUT2D eigenvalue weighted by Crippen LogP contribution is 2.38. The summed E-state index contributed by atoms with van der Waals surface area (Å²) in [5.41, 5.74) is 2.76. The molecule has 2 aromatic heterocycles. The van der Waals surface area contributed by atoms with E-state index in [2.05, 4.69) is 20.3 Å². The second-order valence-corrected chi connectivity index (χ2v) is 6.39. The molecule has 1 aromatic carbocycles. The van der Waals surface area contributed by atoms with Gasteiger partial charge in [0.1, 0.15) is 18.2 Å². The van der Waals surface area contributed by atoms with Gasteiger partial charge in [-0.3, -0.25) is 9.97 Å². The molecule has 0 bridgehead atoms. The highest BCUT2D eigenvalue weighted by Gasteiger charge is 2.25. The zero-order chi connectivity index (χ0) is 17.1. The molecule has 1 aliphatic rings. The number of nitrogens with one attached hydrogen (secondary N) is 1. The molecule has 0 unspecified atom stereocenters. The second-order valence-electron chi connectivity index (χ2n) is 5.98. The normalized spacial score (nSPS) is 13.5. The van der Waals surface area contributed by atoms with Crippen molar-refractivity contribution in [2.24, 2.45) is 0 Å². The zero-order valence-corrected chi connectivity index (χ0v) is 14.3. The number of halogens is 1. The van der Waals surface area contributed by atoms with Crippen LogP contribution >= 0.6 is 11.6 Å². The van der Waals surface area contributed by atoms with Crippen LogP contribution in [0.2, 0.25) is 5.02 Å². The molecule has 6 heteroatoms. The van der Waals surface area contributed by atoms with Gasteiger partial charge in [-0.1, -0.05) is 17.7 Å². The van der Waals surface area contributed by atoms with Crippen LogP contribution in [-0.4, -0.2) is 15.0 Å². The highest BCUT2D eigenvalue weighted by molar-refractivity contribution is 6.32. The molecule has 126 valence electrons. The lowest BCUT2D eigenvalue weighted by Gasteiger charge is -2.10. The summed E-state index contributed by atoms with van der Waals surface area (Å²) in [6.45, 7) is 0.376. The summed E-state index contributed by atoms with van der Waals surface area (Å²) in [5, 5.41) is 3.74. The SMILES string of the molecule is Clc1cc(Nc2cnc(C3CC3)cn2)ccc1OCc1ccccn1. The van der Waals surface area contributed by atoms with Gasteiger partial charge in [-0.25, -0.2) is 4.98 Å². The summed E-state index contributed by atoms with van der Waals surface area (Å²) in [4.78, 5) is 13.1. The average Bonchev–Trinajstić information content (AvgIpc) is 3.48. The number of rotatable bonds is 6. The van der Waals surface area contributed by atoms with Crippen molar-refractivity contribution in [3.05, 3.63) is 71.4 Å². The molecule has 1 saturated carbocycles. The van der Waals surface area contributed by atoms with E-state index >= 15 is 0 Å². The molecular weight excluding hydrogens is 336 g/mol. The van der Waals surface area contributed by atoms with Gasteiger partial charge in [0, 0.05) is 17.8 Å². The Morgan fingerprint density at radius 3 is 2.68 bits per heavy atom. The minimum absolute atomic E-state index is 0.376. The first-order valence-corrected chi connectivity index (χ1v) is 8.57. The lowest BCUT2D eigenvalue weighted by molar-refractivity contribution is 0.301. The second kappa shape index (κ2) is 7.07. The van der Waals surface area contributed by atoms with E-state index in [1.54, 1.807) is 12.4 Å². The lowest BCUT2D eigenvalue weighted by atomic mass is 10.3. The molecule has 0 amide bonds. The van der Waals surface area contributed by atoms with E-state index in [0.29, 0.717) is 29.1 Å². The van der Waals surface area contributed by atoms with Crippen LogP contribution in [0, 0.1) is 0 Å². The molecule has 3 aromatic rings. The van der Waals surface area contributed by atoms with Crippen LogP contribution in [0.4, 0.5) is 11.5 Å².